The van der Waals surface area contributed by atoms with Gasteiger partial charge in [0.25, 0.3) is 5.91 Å². The molecule has 0 unspecified atom stereocenters. The molecule has 2 N–H and O–H groups in total. The number of pyridine rings is 1. The Morgan fingerprint density at radius 2 is 2.03 bits per heavy atom. The molecular weight excluding hydrogens is 420 g/mol. The summed E-state index contributed by atoms with van der Waals surface area (Å²) in [6.45, 7) is 5.17. The highest BCUT2D eigenvalue weighted by Gasteiger charge is 2.28. The molecular formula is C21H28N4O5S. The summed E-state index contributed by atoms with van der Waals surface area (Å²) in [5, 5.41) is 3.69. The van der Waals surface area contributed by atoms with E-state index in [1.54, 1.807) is 11.0 Å². The fourth-order valence-corrected chi connectivity index (χ4v) is 3.69. The minimum atomic E-state index is -3.46. The van der Waals surface area contributed by atoms with Crippen LogP contribution in [0, 0.1) is 5.92 Å². The average molecular weight is 449 g/mol. The summed E-state index contributed by atoms with van der Waals surface area (Å²) in [6.07, 6.45) is 0.491. The number of para-hydroxylation sites is 1. The maximum absolute atomic E-state index is 12.8. The first-order valence-corrected chi connectivity index (χ1v) is 12.0. The lowest BCUT2D eigenvalue weighted by molar-refractivity contribution is -0.137. The van der Waals surface area contributed by atoms with Crippen molar-refractivity contribution in [1.29, 1.82) is 0 Å². The summed E-state index contributed by atoms with van der Waals surface area (Å²) in [5.41, 5.74) is 1.73. The van der Waals surface area contributed by atoms with E-state index in [1.807, 2.05) is 38.1 Å². The third-order valence-electron chi connectivity index (χ3n) is 4.89. The lowest BCUT2D eigenvalue weighted by Crippen LogP contribution is -2.46. The summed E-state index contributed by atoms with van der Waals surface area (Å²) in [4.78, 5) is 31.5. The fraction of sp³-hybridized carbons (Fsp3) is 0.476. The molecule has 3 rings (SSSR count). The van der Waals surface area contributed by atoms with Crippen LogP contribution in [0.25, 0.3) is 10.9 Å². The molecule has 10 heteroatoms. The molecule has 1 aliphatic heterocycles. The van der Waals surface area contributed by atoms with Gasteiger partial charge in [0.2, 0.25) is 15.9 Å². The Labute approximate surface area is 182 Å². The van der Waals surface area contributed by atoms with Gasteiger partial charge >= 0.3 is 0 Å². The lowest BCUT2D eigenvalue weighted by Gasteiger charge is -2.33. The lowest BCUT2D eigenvalue weighted by atomic mass is 10.0. The quantitative estimate of drug-likeness (QED) is 0.654. The van der Waals surface area contributed by atoms with Crippen molar-refractivity contribution in [3.05, 3.63) is 41.6 Å². The minimum Gasteiger partial charge on any atom is -0.368 e. The molecule has 0 radical (unpaired) electrons. The van der Waals surface area contributed by atoms with Crippen LogP contribution in [-0.4, -0.2) is 69.2 Å². The van der Waals surface area contributed by atoms with Crippen LogP contribution in [0.5, 0.6) is 0 Å². The number of benzene rings is 1. The number of hydrogen-bond acceptors (Lipinski definition) is 6. The second kappa shape index (κ2) is 9.71. The van der Waals surface area contributed by atoms with E-state index < -0.39 is 16.1 Å². The molecule has 1 aromatic heterocycles. The number of morpholine rings is 1. The standard InChI is InChI=1S/C21H28N4O5S/c1-14(2)11-22-21(27)16-10-18(24-17-7-5-4-6-15(16)17)19-13-25(8-9-30-19)20(26)12-23-31(3,28)29/h4-7,10,14,19,23H,8-9,11-13H2,1-3H3,(H,22,27)/t19-/m1/s1. The SMILES string of the molecule is CC(C)CNC(=O)c1cc([C@H]2CN(C(=O)CNS(C)(=O)=O)CCO2)nc2ccccc12. The smallest absolute Gasteiger partial charge is 0.252 e. The van der Waals surface area contributed by atoms with Crippen LogP contribution in [0.3, 0.4) is 0 Å². The molecule has 0 aliphatic carbocycles. The third-order valence-corrected chi connectivity index (χ3v) is 5.55. The maximum atomic E-state index is 12.8. The molecule has 168 valence electrons. The molecule has 2 amide bonds. The number of rotatable bonds is 7. The van der Waals surface area contributed by atoms with Gasteiger partial charge in [0, 0.05) is 18.5 Å². The first-order valence-electron chi connectivity index (χ1n) is 10.2. The van der Waals surface area contributed by atoms with Crippen molar-refractivity contribution in [3.8, 4) is 0 Å². The number of fused-ring (bicyclic) bond motifs is 1. The van der Waals surface area contributed by atoms with Crippen molar-refractivity contribution in [1.82, 2.24) is 19.9 Å². The zero-order chi connectivity index (χ0) is 22.6. The summed E-state index contributed by atoms with van der Waals surface area (Å²) in [6, 6.07) is 9.11. The Morgan fingerprint density at radius 1 is 1.29 bits per heavy atom. The maximum Gasteiger partial charge on any atom is 0.252 e. The van der Waals surface area contributed by atoms with Gasteiger partial charge < -0.3 is 15.0 Å². The minimum absolute atomic E-state index is 0.186. The average Bonchev–Trinajstić information content (AvgIpc) is 2.74. The van der Waals surface area contributed by atoms with Gasteiger partial charge in [0.1, 0.15) is 6.10 Å². The molecule has 1 aromatic carbocycles. The van der Waals surface area contributed by atoms with Gasteiger partial charge in [-0.1, -0.05) is 32.0 Å². The predicted octanol–water partition coefficient (Wildman–Crippen LogP) is 1.07. The molecule has 0 bridgehead atoms. The van der Waals surface area contributed by atoms with Crippen LogP contribution in [0.15, 0.2) is 30.3 Å². The van der Waals surface area contributed by atoms with Crippen LogP contribution >= 0.6 is 0 Å². The van der Waals surface area contributed by atoms with E-state index in [4.69, 9.17) is 4.74 Å². The number of nitrogens with one attached hydrogen (secondary N) is 2. The molecule has 2 heterocycles. The first kappa shape index (κ1) is 23.1. The second-order valence-corrected chi connectivity index (χ2v) is 9.84. The third kappa shape index (κ3) is 6.22. The van der Waals surface area contributed by atoms with Crippen molar-refractivity contribution < 1.29 is 22.7 Å². The zero-order valence-electron chi connectivity index (χ0n) is 17.9. The van der Waals surface area contributed by atoms with Gasteiger partial charge in [0.05, 0.1) is 42.7 Å². The molecule has 1 fully saturated rings. The largest absolute Gasteiger partial charge is 0.368 e. The highest BCUT2D eigenvalue weighted by Crippen LogP contribution is 2.26. The monoisotopic (exact) mass is 448 g/mol. The number of amides is 2. The number of hydrogen-bond donors (Lipinski definition) is 2. The molecule has 9 nitrogen and oxygen atoms in total. The van der Waals surface area contributed by atoms with Crippen molar-refractivity contribution in [3.63, 3.8) is 0 Å². The van der Waals surface area contributed by atoms with Crippen molar-refractivity contribution in [2.45, 2.75) is 20.0 Å². The zero-order valence-corrected chi connectivity index (χ0v) is 18.7. The summed E-state index contributed by atoms with van der Waals surface area (Å²) in [7, 11) is -3.46. The molecule has 1 aliphatic rings. The number of sulfonamides is 1. The first-order chi connectivity index (χ1) is 14.6. The van der Waals surface area contributed by atoms with Crippen LogP contribution < -0.4 is 10.0 Å². The molecule has 31 heavy (non-hydrogen) atoms. The van der Waals surface area contributed by atoms with Crippen LogP contribution in [0.1, 0.15) is 36.0 Å². The van der Waals surface area contributed by atoms with E-state index in [0.717, 1.165) is 11.6 Å². The van der Waals surface area contributed by atoms with Crippen molar-refractivity contribution >= 4 is 32.7 Å². The van der Waals surface area contributed by atoms with E-state index in [-0.39, 0.29) is 24.9 Å². The molecule has 1 atom stereocenters. The Kier molecular flexibility index (Phi) is 7.24. The van der Waals surface area contributed by atoms with Crippen LogP contribution in [0.4, 0.5) is 0 Å². The summed E-state index contributed by atoms with van der Waals surface area (Å²) >= 11 is 0. The Hall–Kier alpha value is -2.56. The number of nitrogens with zero attached hydrogens (tertiary/aromatic N) is 2. The van der Waals surface area contributed by atoms with E-state index in [2.05, 4.69) is 15.0 Å². The Bertz CT molecular complexity index is 1070. The second-order valence-electron chi connectivity index (χ2n) is 8.01. The van der Waals surface area contributed by atoms with E-state index >= 15 is 0 Å². The van der Waals surface area contributed by atoms with Gasteiger partial charge in [0.15, 0.2) is 0 Å². The van der Waals surface area contributed by atoms with Crippen molar-refractivity contribution in [2.24, 2.45) is 5.92 Å². The number of carbonyl (C=O) groups is 2. The molecule has 2 aromatic rings. The highest BCUT2D eigenvalue weighted by atomic mass is 32.2. The van der Waals surface area contributed by atoms with Crippen molar-refractivity contribution in [2.75, 3.05) is 39.0 Å². The predicted molar refractivity (Wildman–Crippen MR) is 117 cm³/mol. The molecule has 0 spiro atoms. The summed E-state index contributed by atoms with van der Waals surface area (Å²) in [5.74, 6) is -0.206. The Morgan fingerprint density at radius 3 is 2.74 bits per heavy atom. The fourth-order valence-electron chi connectivity index (χ4n) is 3.30. The summed E-state index contributed by atoms with van der Waals surface area (Å²) < 4.78 is 30.6. The number of carbonyl (C=O) groups excluding carboxylic acids is 2. The van der Waals surface area contributed by atoms with Gasteiger partial charge in [-0.3, -0.25) is 9.59 Å². The molecule has 1 saturated heterocycles. The van der Waals surface area contributed by atoms with E-state index in [1.165, 1.54) is 0 Å². The normalized spacial score (nSPS) is 17.2. The number of aromatic nitrogens is 1. The van der Waals surface area contributed by atoms with Crippen LogP contribution in [0.2, 0.25) is 0 Å². The van der Waals surface area contributed by atoms with E-state index in [0.29, 0.717) is 42.4 Å². The van der Waals surface area contributed by atoms with Gasteiger partial charge in [-0.15, -0.1) is 0 Å². The van der Waals surface area contributed by atoms with Gasteiger partial charge in [-0.2, -0.15) is 0 Å². The van der Waals surface area contributed by atoms with Gasteiger partial charge in [-0.25, -0.2) is 18.1 Å². The molecule has 0 saturated carbocycles. The highest BCUT2D eigenvalue weighted by molar-refractivity contribution is 7.88. The van der Waals surface area contributed by atoms with Gasteiger partial charge in [-0.05, 0) is 18.1 Å². The van der Waals surface area contributed by atoms with Crippen LogP contribution in [-0.2, 0) is 19.6 Å². The number of ether oxygens (including phenoxy) is 1. The van der Waals surface area contributed by atoms with E-state index in [9.17, 15) is 18.0 Å². The Balaban J connectivity index is 1.84. The topological polar surface area (TPSA) is 118 Å².